The summed E-state index contributed by atoms with van der Waals surface area (Å²) in [6.07, 6.45) is 4.36. The van der Waals surface area contributed by atoms with Crippen LogP contribution < -0.4 is 4.90 Å². The van der Waals surface area contributed by atoms with Crippen LogP contribution in [0.25, 0.3) is 0 Å². The van der Waals surface area contributed by atoms with Gasteiger partial charge in [0, 0.05) is 63.8 Å². The number of nitrogens with zero attached hydrogens (tertiary/aromatic N) is 5. The van der Waals surface area contributed by atoms with E-state index in [2.05, 4.69) is 14.9 Å². The number of morpholine rings is 1. The SMILES string of the molecule is CN(C)c1ncc(CN2CCOC(c3cccc(Cc4ccc(F)cc4)n3)C2)cn1. The van der Waals surface area contributed by atoms with Gasteiger partial charge in [0.1, 0.15) is 11.9 Å². The van der Waals surface area contributed by atoms with Crippen molar-refractivity contribution in [1.29, 1.82) is 0 Å². The summed E-state index contributed by atoms with van der Waals surface area (Å²) < 4.78 is 19.1. The van der Waals surface area contributed by atoms with Crippen LogP contribution in [0.4, 0.5) is 10.3 Å². The van der Waals surface area contributed by atoms with Gasteiger partial charge < -0.3 is 9.64 Å². The maximum Gasteiger partial charge on any atom is 0.224 e. The summed E-state index contributed by atoms with van der Waals surface area (Å²) in [5.74, 6) is 0.485. The van der Waals surface area contributed by atoms with E-state index < -0.39 is 0 Å². The smallest absolute Gasteiger partial charge is 0.224 e. The highest BCUT2D eigenvalue weighted by molar-refractivity contribution is 5.27. The van der Waals surface area contributed by atoms with Gasteiger partial charge in [-0.25, -0.2) is 14.4 Å². The monoisotopic (exact) mass is 407 g/mol. The van der Waals surface area contributed by atoms with Crippen molar-refractivity contribution in [2.45, 2.75) is 19.1 Å². The van der Waals surface area contributed by atoms with Crippen LogP contribution >= 0.6 is 0 Å². The predicted molar refractivity (Wildman–Crippen MR) is 114 cm³/mol. The number of ether oxygens (including phenoxy) is 1. The lowest BCUT2D eigenvalue weighted by Gasteiger charge is -2.32. The summed E-state index contributed by atoms with van der Waals surface area (Å²) >= 11 is 0. The molecule has 0 N–H and O–H groups in total. The molecule has 1 aromatic carbocycles. The van der Waals surface area contributed by atoms with E-state index in [4.69, 9.17) is 9.72 Å². The van der Waals surface area contributed by atoms with E-state index in [1.807, 2.05) is 49.6 Å². The number of rotatable bonds is 6. The molecule has 1 atom stereocenters. The zero-order chi connectivity index (χ0) is 20.9. The second kappa shape index (κ2) is 9.28. The molecule has 1 unspecified atom stereocenters. The summed E-state index contributed by atoms with van der Waals surface area (Å²) in [5, 5.41) is 0. The Morgan fingerprint density at radius 3 is 2.57 bits per heavy atom. The Hall–Kier alpha value is -2.90. The molecule has 0 bridgehead atoms. The molecule has 0 amide bonds. The van der Waals surface area contributed by atoms with Crippen molar-refractivity contribution in [3.8, 4) is 0 Å². The van der Waals surface area contributed by atoms with Crippen molar-refractivity contribution < 1.29 is 9.13 Å². The first-order valence-electron chi connectivity index (χ1n) is 10.1. The van der Waals surface area contributed by atoms with Gasteiger partial charge >= 0.3 is 0 Å². The Morgan fingerprint density at radius 1 is 1.07 bits per heavy atom. The van der Waals surface area contributed by atoms with Crippen molar-refractivity contribution in [2.24, 2.45) is 0 Å². The molecule has 0 radical (unpaired) electrons. The van der Waals surface area contributed by atoms with Crippen molar-refractivity contribution in [2.75, 3.05) is 38.7 Å². The van der Waals surface area contributed by atoms with E-state index >= 15 is 0 Å². The van der Waals surface area contributed by atoms with E-state index in [9.17, 15) is 4.39 Å². The van der Waals surface area contributed by atoms with Crippen LogP contribution in [0.1, 0.15) is 28.6 Å². The lowest BCUT2D eigenvalue weighted by atomic mass is 10.1. The Morgan fingerprint density at radius 2 is 1.83 bits per heavy atom. The maximum absolute atomic E-state index is 13.1. The Kier molecular flexibility index (Phi) is 6.30. The first kappa shape index (κ1) is 20.4. The molecular weight excluding hydrogens is 381 g/mol. The number of benzene rings is 1. The van der Waals surface area contributed by atoms with Crippen molar-refractivity contribution >= 4 is 5.95 Å². The first-order valence-corrected chi connectivity index (χ1v) is 10.1. The molecule has 1 aliphatic heterocycles. The predicted octanol–water partition coefficient (Wildman–Crippen LogP) is 3.24. The van der Waals surface area contributed by atoms with E-state index in [0.29, 0.717) is 19.0 Å². The van der Waals surface area contributed by atoms with Gasteiger partial charge in [0.2, 0.25) is 5.95 Å². The topological polar surface area (TPSA) is 54.4 Å². The van der Waals surface area contributed by atoms with Crippen LogP contribution in [0.2, 0.25) is 0 Å². The number of aromatic nitrogens is 3. The number of halogens is 1. The highest BCUT2D eigenvalue weighted by Crippen LogP contribution is 2.23. The van der Waals surface area contributed by atoms with Crippen LogP contribution in [0.5, 0.6) is 0 Å². The Balaban J connectivity index is 1.40. The quantitative estimate of drug-likeness (QED) is 0.625. The minimum Gasteiger partial charge on any atom is -0.369 e. The molecule has 1 fully saturated rings. The fourth-order valence-electron chi connectivity index (χ4n) is 3.53. The molecular formula is C23H26FN5O. The lowest BCUT2D eigenvalue weighted by molar-refractivity contribution is -0.0351. The zero-order valence-corrected chi connectivity index (χ0v) is 17.3. The summed E-state index contributed by atoms with van der Waals surface area (Å²) in [6, 6.07) is 12.6. The average Bonchev–Trinajstić information content (AvgIpc) is 2.76. The highest BCUT2D eigenvalue weighted by atomic mass is 19.1. The molecule has 0 aliphatic carbocycles. The fraction of sp³-hybridized carbons (Fsp3) is 0.348. The third-order valence-electron chi connectivity index (χ3n) is 5.11. The first-order chi connectivity index (χ1) is 14.6. The summed E-state index contributed by atoms with van der Waals surface area (Å²) in [7, 11) is 3.86. The van der Waals surface area contributed by atoms with Gasteiger partial charge in [-0.05, 0) is 29.8 Å². The second-order valence-corrected chi connectivity index (χ2v) is 7.74. The lowest BCUT2D eigenvalue weighted by Crippen LogP contribution is -2.38. The molecule has 1 aliphatic rings. The van der Waals surface area contributed by atoms with Crippen molar-refractivity contribution in [3.05, 3.63) is 83.2 Å². The molecule has 3 aromatic rings. The van der Waals surface area contributed by atoms with Gasteiger partial charge in [0.25, 0.3) is 0 Å². The number of pyridine rings is 1. The van der Waals surface area contributed by atoms with Gasteiger partial charge in [-0.3, -0.25) is 9.88 Å². The number of hydrogen-bond acceptors (Lipinski definition) is 6. The van der Waals surface area contributed by atoms with Gasteiger partial charge in [0.05, 0.1) is 12.3 Å². The third-order valence-corrected chi connectivity index (χ3v) is 5.11. The minimum absolute atomic E-state index is 0.0751. The Labute approximate surface area is 176 Å². The zero-order valence-electron chi connectivity index (χ0n) is 17.3. The standard InChI is InChI=1S/C23H26FN5O/c1-28(2)23-25-13-18(14-26-23)15-29-10-11-30-22(16-29)21-5-3-4-20(27-21)12-17-6-8-19(24)9-7-17/h3-9,13-14,22H,10-12,15-16H2,1-2H3. The van der Waals surface area contributed by atoms with Gasteiger partial charge in [0.15, 0.2) is 0 Å². The molecule has 2 aromatic heterocycles. The second-order valence-electron chi connectivity index (χ2n) is 7.74. The molecule has 4 rings (SSSR count). The fourth-order valence-corrected chi connectivity index (χ4v) is 3.53. The average molecular weight is 407 g/mol. The third kappa shape index (κ3) is 5.17. The van der Waals surface area contributed by atoms with Crippen molar-refractivity contribution in [3.63, 3.8) is 0 Å². The molecule has 0 spiro atoms. The van der Waals surface area contributed by atoms with Gasteiger partial charge in [-0.2, -0.15) is 0 Å². The molecule has 1 saturated heterocycles. The normalized spacial score (nSPS) is 17.1. The largest absolute Gasteiger partial charge is 0.369 e. The van der Waals surface area contributed by atoms with Gasteiger partial charge in [-0.1, -0.05) is 18.2 Å². The van der Waals surface area contributed by atoms with Crippen LogP contribution in [0.3, 0.4) is 0 Å². The summed E-state index contributed by atoms with van der Waals surface area (Å²) in [4.78, 5) is 17.8. The molecule has 7 heteroatoms. The van der Waals surface area contributed by atoms with E-state index in [0.717, 1.165) is 42.1 Å². The Bertz CT molecular complexity index is 962. The summed E-state index contributed by atoms with van der Waals surface area (Å²) in [6.45, 7) is 3.07. The maximum atomic E-state index is 13.1. The highest BCUT2D eigenvalue weighted by Gasteiger charge is 2.23. The van der Waals surface area contributed by atoms with E-state index in [-0.39, 0.29) is 11.9 Å². The number of hydrogen-bond donors (Lipinski definition) is 0. The molecule has 30 heavy (non-hydrogen) atoms. The van der Waals surface area contributed by atoms with Crippen molar-refractivity contribution in [1.82, 2.24) is 19.9 Å². The van der Waals surface area contributed by atoms with Gasteiger partial charge in [-0.15, -0.1) is 0 Å². The van der Waals surface area contributed by atoms with Crippen LogP contribution in [-0.4, -0.2) is 53.6 Å². The number of anilines is 1. The molecule has 156 valence electrons. The van der Waals surface area contributed by atoms with Crippen LogP contribution in [0, 0.1) is 5.82 Å². The van der Waals surface area contributed by atoms with Crippen LogP contribution in [0.15, 0.2) is 54.9 Å². The summed E-state index contributed by atoms with van der Waals surface area (Å²) in [5.41, 5.74) is 4.00. The van der Waals surface area contributed by atoms with E-state index in [1.165, 1.54) is 12.1 Å². The van der Waals surface area contributed by atoms with Crippen LogP contribution in [-0.2, 0) is 17.7 Å². The van der Waals surface area contributed by atoms with E-state index in [1.54, 1.807) is 12.1 Å². The minimum atomic E-state index is -0.224. The molecule has 6 nitrogen and oxygen atoms in total. The molecule has 0 saturated carbocycles. The molecule has 3 heterocycles.